The summed E-state index contributed by atoms with van der Waals surface area (Å²) < 4.78 is 0. The van der Waals surface area contributed by atoms with E-state index in [0.29, 0.717) is 17.4 Å². The van der Waals surface area contributed by atoms with Gasteiger partial charge in [0.2, 0.25) is 0 Å². The molecule has 2 heterocycles. The highest BCUT2D eigenvalue weighted by atomic mass is 32.1. The zero-order valence-corrected chi connectivity index (χ0v) is 12.5. The number of anilines is 1. The maximum absolute atomic E-state index is 5.78. The van der Waals surface area contributed by atoms with E-state index in [-0.39, 0.29) is 0 Å². The predicted molar refractivity (Wildman–Crippen MR) is 85.8 cm³/mol. The van der Waals surface area contributed by atoms with Crippen molar-refractivity contribution in [1.29, 1.82) is 0 Å². The van der Waals surface area contributed by atoms with E-state index in [1.165, 1.54) is 5.56 Å². The van der Waals surface area contributed by atoms with Crippen LogP contribution in [0.15, 0.2) is 30.6 Å². The van der Waals surface area contributed by atoms with E-state index >= 15 is 0 Å². The number of nitrogens with zero attached hydrogens (tertiary/aromatic N) is 2. The highest BCUT2D eigenvalue weighted by Gasteiger charge is 2.10. The summed E-state index contributed by atoms with van der Waals surface area (Å²) in [6, 6.07) is 5.94. The number of aryl methyl sites for hydroxylation is 2. The van der Waals surface area contributed by atoms with E-state index in [1.54, 1.807) is 12.4 Å². The lowest BCUT2D eigenvalue weighted by Crippen LogP contribution is -2.16. The Morgan fingerprint density at radius 2 is 2.10 bits per heavy atom. The molecule has 2 aromatic rings. The van der Waals surface area contributed by atoms with Gasteiger partial charge < -0.3 is 11.1 Å². The van der Waals surface area contributed by atoms with Gasteiger partial charge in [0, 0.05) is 12.4 Å². The standard InChI is InChI=1S/C15H18N4S/c1-3-11-5-4-7-17-12(11)9-19-15-13(14(16)20)10(2)6-8-18-15/h4-8H,3,9H2,1-2H3,(H2,16,20)(H,18,19). The van der Waals surface area contributed by atoms with E-state index in [1.807, 2.05) is 19.1 Å². The number of hydrogen-bond donors (Lipinski definition) is 2. The molecule has 0 saturated heterocycles. The Labute approximate surface area is 124 Å². The number of rotatable bonds is 5. The SMILES string of the molecule is CCc1cccnc1CNc1nccc(C)c1C(N)=S. The van der Waals surface area contributed by atoms with Gasteiger partial charge in [0.15, 0.2) is 0 Å². The maximum Gasteiger partial charge on any atom is 0.136 e. The summed E-state index contributed by atoms with van der Waals surface area (Å²) >= 11 is 5.10. The van der Waals surface area contributed by atoms with Crippen LogP contribution in [0.25, 0.3) is 0 Å². The van der Waals surface area contributed by atoms with E-state index in [4.69, 9.17) is 18.0 Å². The Bertz CT molecular complexity index is 625. The van der Waals surface area contributed by atoms with Crippen molar-refractivity contribution >= 4 is 23.0 Å². The zero-order valence-electron chi connectivity index (χ0n) is 11.7. The van der Waals surface area contributed by atoms with Crippen LogP contribution in [0.2, 0.25) is 0 Å². The number of hydrogen-bond acceptors (Lipinski definition) is 4. The van der Waals surface area contributed by atoms with Crippen LogP contribution < -0.4 is 11.1 Å². The van der Waals surface area contributed by atoms with Crippen LogP contribution in [0.1, 0.15) is 29.3 Å². The predicted octanol–water partition coefficient (Wildman–Crippen LogP) is 2.59. The molecule has 0 saturated carbocycles. The third-order valence-corrected chi connectivity index (χ3v) is 3.40. The molecule has 4 nitrogen and oxygen atoms in total. The van der Waals surface area contributed by atoms with Gasteiger partial charge in [-0.2, -0.15) is 0 Å². The molecule has 0 amide bonds. The molecule has 2 rings (SSSR count). The second kappa shape index (κ2) is 6.43. The van der Waals surface area contributed by atoms with Crippen LogP contribution in [0, 0.1) is 6.92 Å². The lowest BCUT2D eigenvalue weighted by molar-refractivity contribution is 0.963. The lowest BCUT2D eigenvalue weighted by atomic mass is 10.1. The summed E-state index contributed by atoms with van der Waals surface area (Å²) in [6.45, 7) is 4.70. The molecule has 0 spiro atoms. The molecule has 0 aromatic carbocycles. The summed E-state index contributed by atoms with van der Waals surface area (Å²) in [5, 5.41) is 3.29. The molecule has 20 heavy (non-hydrogen) atoms. The summed E-state index contributed by atoms with van der Waals surface area (Å²) in [6.07, 6.45) is 4.50. The highest BCUT2D eigenvalue weighted by Crippen LogP contribution is 2.17. The monoisotopic (exact) mass is 286 g/mol. The second-order valence-electron chi connectivity index (χ2n) is 4.53. The van der Waals surface area contributed by atoms with Gasteiger partial charge in [0.1, 0.15) is 10.8 Å². The first-order valence-electron chi connectivity index (χ1n) is 6.55. The van der Waals surface area contributed by atoms with Crippen molar-refractivity contribution in [2.24, 2.45) is 5.73 Å². The van der Waals surface area contributed by atoms with Crippen LogP contribution in [-0.4, -0.2) is 15.0 Å². The summed E-state index contributed by atoms with van der Waals surface area (Å²) in [7, 11) is 0. The molecule has 104 valence electrons. The van der Waals surface area contributed by atoms with E-state index < -0.39 is 0 Å². The van der Waals surface area contributed by atoms with Crippen molar-refractivity contribution in [2.45, 2.75) is 26.8 Å². The molecule has 0 aliphatic heterocycles. The molecule has 0 fully saturated rings. The number of thiocarbonyl (C=S) groups is 1. The van der Waals surface area contributed by atoms with Crippen molar-refractivity contribution in [2.75, 3.05) is 5.32 Å². The van der Waals surface area contributed by atoms with Gasteiger partial charge in [-0.1, -0.05) is 25.2 Å². The molecule has 0 aliphatic rings. The summed E-state index contributed by atoms with van der Waals surface area (Å²) in [5.41, 5.74) is 9.85. The van der Waals surface area contributed by atoms with Gasteiger partial charge in [0.25, 0.3) is 0 Å². The number of pyridine rings is 2. The molecule has 0 atom stereocenters. The molecule has 0 unspecified atom stereocenters. The van der Waals surface area contributed by atoms with Crippen molar-refractivity contribution in [3.05, 3.63) is 53.0 Å². The van der Waals surface area contributed by atoms with Gasteiger partial charge in [-0.3, -0.25) is 4.98 Å². The third-order valence-electron chi connectivity index (χ3n) is 3.19. The molecule has 0 bridgehead atoms. The highest BCUT2D eigenvalue weighted by molar-refractivity contribution is 7.80. The van der Waals surface area contributed by atoms with Crippen LogP contribution in [-0.2, 0) is 13.0 Å². The topological polar surface area (TPSA) is 63.8 Å². The van der Waals surface area contributed by atoms with Crippen molar-refractivity contribution in [3.63, 3.8) is 0 Å². The Morgan fingerprint density at radius 3 is 2.80 bits per heavy atom. The summed E-state index contributed by atoms with van der Waals surface area (Å²) in [4.78, 5) is 9.09. The van der Waals surface area contributed by atoms with E-state index in [9.17, 15) is 0 Å². The molecule has 5 heteroatoms. The molecular formula is C15H18N4S. The maximum atomic E-state index is 5.78. The lowest BCUT2D eigenvalue weighted by Gasteiger charge is -2.13. The molecule has 2 aromatic heterocycles. The summed E-state index contributed by atoms with van der Waals surface area (Å²) in [5.74, 6) is 0.713. The van der Waals surface area contributed by atoms with Crippen LogP contribution in [0.5, 0.6) is 0 Å². The first-order chi connectivity index (χ1) is 9.63. The van der Waals surface area contributed by atoms with Gasteiger partial charge in [0.05, 0.1) is 17.8 Å². The molecule has 0 radical (unpaired) electrons. The van der Waals surface area contributed by atoms with Crippen molar-refractivity contribution in [3.8, 4) is 0 Å². The Balaban J connectivity index is 2.23. The first-order valence-corrected chi connectivity index (χ1v) is 6.96. The smallest absolute Gasteiger partial charge is 0.136 e. The fourth-order valence-corrected chi connectivity index (χ4v) is 2.38. The van der Waals surface area contributed by atoms with Crippen LogP contribution in [0.3, 0.4) is 0 Å². The number of nitrogens with two attached hydrogens (primary N) is 1. The Morgan fingerprint density at radius 1 is 1.30 bits per heavy atom. The minimum absolute atomic E-state index is 0.356. The third kappa shape index (κ3) is 3.11. The Hall–Kier alpha value is -2.01. The minimum atomic E-state index is 0.356. The van der Waals surface area contributed by atoms with Crippen molar-refractivity contribution in [1.82, 2.24) is 9.97 Å². The molecular weight excluding hydrogens is 268 g/mol. The Kier molecular flexibility index (Phi) is 4.63. The van der Waals surface area contributed by atoms with Gasteiger partial charge in [-0.05, 0) is 36.6 Å². The van der Waals surface area contributed by atoms with E-state index in [2.05, 4.69) is 28.3 Å². The fraction of sp³-hybridized carbons (Fsp3) is 0.267. The minimum Gasteiger partial charge on any atom is -0.389 e. The van der Waals surface area contributed by atoms with Gasteiger partial charge >= 0.3 is 0 Å². The molecule has 3 N–H and O–H groups in total. The number of aromatic nitrogens is 2. The average Bonchev–Trinajstić information content (AvgIpc) is 2.45. The quantitative estimate of drug-likeness (QED) is 0.827. The van der Waals surface area contributed by atoms with Gasteiger partial charge in [-0.25, -0.2) is 4.98 Å². The first kappa shape index (κ1) is 14.4. The average molecular weight is 286 g/mol. The fourth-order valence-electron chi connectivity index (χ4n) is 2.12. The van der Waals surface area contributed by atoms with Gasteiger partial charge in [-0.15, -0.1) is 0 Å². The normalized spacial score (nSPS) is 10.3. The largest absolute Gasteiger partial charge is 0.389 e. The zero-order chi connectivity index (χ0) is 14.5. The second-order valence-corrected chi connectivity index (χ2v) is 4.97. The van der Waals surface area contributed by atoms with Crippen molar-refractivity contribution < 1.29 is 0 Å². The van der Waals surface area contributed by atoms with Crippen LogP contribution >= 0.6 is 12.2 Å². The number of nitrogens with one attached hydrogen (secondary N) is 1. The molecule has 0 aliphatic carbocycles. The van der Waals surface area contributed by atoms with Crippen LogP contribution in [0.4, 0.5) is 5.82 Å². The van der Waals surface area contributed by atoms with E-state index in [0.717, 1.165) is 23.2 Å².